The summed E-state index contributed by atoms with van der Waals surface area (Å²) in [7, 11) is -3.89. The Morgan fingerprint density at radius 2 is 1.57 bits per heavy atom. The monoisotopic (exact) mass is 312 g/mol. The molecule has 2 aromatic carbocycles. The van der Waals surface area contributed by atoms with Gasteiger partial charge in [-0.25, -0.2) is 17.2 Å². The van der Waals surface area contributed by atoms with E-state index in [4.69, 9.17) is 0 Å². The highest BCUT2D eigenvalue weighted by atomic mass is 32.2. The number of benzene rings is 2. The minimum absolute atomic E-state index is 0.264. The number of hydrogen-bond acceptors (Lipinski definition) is 2. The van der Waals surface area contributed by atoms with Crippen LogP contribution in [0.4, 0.5) is 14.5 Å². The van der Waals surface area contributed by atoms with Gasteiger partial charge < -0.3 is 10.5 Å². The summed E-state index contributed by atoms with van der Waals surface area (Å²) in [5, 5.41) is 0. The standard InChI is InChI=1S/C14H13F2N2O2S/c15-12-5-13(16)7-14(6-12)18-21(19,20)9-11-4-2-1-3-10(11)8-17/h1-7H,8-9,17H2/q-1/p+1. The zero-order chi connectivity index (χ0) is 15.5. The molecule has 0 heterocycles. The summed E-state index contributed by atoms with van der Waals surface area (Å²) >= 11 is 0. The Hall–Kier alpha value is -1.99. The van der Waals surface area contributed by atoms with Gasteiger partial charge in [0.05, 0.1) is 22.3 Å². The van der Waals surface area contributed by atoms with Crippen LogP contribution in [0.15, 0.2) is 42.5 Å². The van der Waals surface area contributed by atoms with Crippen molar-refractivity contribution in [3.63, 3.8) is 0 Å². The largest absolute Gasteiger partial charge is 0.576 e. The number of sulfonamides is 1. The smallest absolute Gasteiger partial charge is 0.124 e. The van der Waals surface area contributed by atoms with Crippen LogP contribution in [0.3, 0.4) is 0 Å². The number of rotatable bonds is 5. The van der Waals surface area contributed by atoms with Crippen LogP contribution in [0.2, 0.25) is 0 Å². The van der Waals surface area contributed by atoms with E-state index < -0.39 is 21.7 Å². The third-order valence-electron chi connectivity index (χ3n) is 2.82. The van der Waals surface area contributed by atoms with E-state index >= 15 is 0 Å². The molecule has 3 N–H and O–H groups in total. The van der Waals surface area contributed by atoms with Gasteiger partial charge in [-0.1, -0.05) is 24.3 Å². The molecule has 0 atom stereocenters. The lowest BCUT2D eigenvalue weighted by atomic mass is 10.1. The second-order valence-electron chi connectivity index (χ2n) is 4.46. The molecule has 0 saturated heterocycles. The van der Waals surface area contributed by atoms with Gasteiger partial charge in [-0.15, -0.1) is 5.69 Å². The maximum absolute atomic E-state index is 13.0. The quantitative estimate of drug-likeness (QED) is 0.919. The van der Waals surface area contributed by atoms with Crippen molar-refractivity contribution >= 4 is 15.7 Å². The molecule has 0 fully saturated rings. The Morgan fingerprint density at radius 3 is 2.14 bits per heavy atom. The summed E-state index contributed by atoms with van der Waals surface area (Å²) < 4.78 is 53.6. The molecule has 0 unspecified atom stereocenters. The first kappa shape index (κ1) is 15.4. The van der Waals surface area contributed by atoms with Crippen molar-refractivity contribution in [1.29, 1.82) is 0 Å². The molecule has 7 heteroatoms. The van der Waals surface area contributed by atoms with E-state index in [1.54, 1.807) is 24.3 Å². The fourth-order valence-corrected chi connectivity index (χ4v) is 3.09. The molecule has 2 aromatic rings. The number of quaternary nitrogens is 1. The molecular weight excluding hydrogens is 298 g/mol. The van der Waals surface area contributed by atoms with Gasteiger partial charge in [-0.05, 0) is 17.7 Å². The molecule has 0 aliphatic rings. The molecule has 0 aromatic heterocycles. The van der Waals surface area contributed by atoms with Crippen molar-refractivity contribution in [3.8, 4) is 0 Å². The lowest BCUT2D eigenvalue weighted by Gasteiger charge is -2.22. The van der Waals surface area contributed by atoms with Crippen molar-refractivity contribution in [2.24, 2.45) is 0 Å². The van der Waals surface area contributed by atoms with Gasteiger partial charge in [0.1, 0.15) is 11.6 Å². The van der Waals surface area contributed by atoms with E-state index in [-0.39, 0.29) is 11.4 Å². The fraction of sp³-hybridized carbons (Fsp3) is 0.143. The number of nitrogens with zero attached hydrogens (tertiary/aromatic N) is 1. The van der Waals surface area contributed by atoms with E-state index in [0.29, 0.717) is 18.2 Å². The van der Waals surface area contributed by atoms with E-state index in [9.17, 15) is 17.2 Å². The minimum atomic E-state index is -3.89. The van der Waals surface area contributed by atoms with Crippen LogP contribution in [0.1, 0.15) is 11.1 Å². The van der Waals surface area contributed by atoms with Crippen LogP contribution in [0, 0.1) is 11.6 Å². The van der Waals surface area contributed by atoms with E-state index in [1.165, 1.54) is 0 Å². The maximum Gasteiger partial charge on any atom is 0.124 e. The Bertz CT molecular complexity index is 728. The average molecular weight is 312 g/mol. The molecule has 112 valence electrons. The van der Waals surface area contributed by atoms with Gasteiger partial charge in [0, 0.05) is 11.6 Å². The number of halogens is 2. The second-order valence-corrected chi connectivity index (χ2v) is 6.10. The van der Waals surface area contributed by atoms with E-state index in [2.05, 4.69) is 10.5 Å². The normalized spacial score (nSPS) is 11.4. The molecule has 2 rings (SSSR count). The van der Waals surface area contributed by atoms with E-state index in [0.717, 1.165) is 17.7 Å². The first-order valence-corrected chi connectivity index (χ1v) is 7.78. The highest BCUT2D eigenvalue weighted by Crippen LogP contribution is 2.27. The van der Waals surface area contributed by atoms with Crippen LogP contribution in [-0.2, 0) is 22.3 Å². The Morgan fingerprint density at radius 1 is 1.00 bits per heavy atom. The molecule has 0 aliphatic heterocycles. The Kier molecular flexibility index (Phi) is 4.54. The highest BCUT2D eigenvalue weighted by Gasteiger charge is 2.08. The summed E-state index contributed by atoms with van der Waals surface area (Å²) in [4.78, 5) is 0. The predicted molar refractivity (Wildman–Crippen MR) is 75.0 cm³/mol. The Labute approximate surface area is 121 Å². The van der Waals surface area contributed by atoms with Gasteiger partial charge >= 0.3 is 0 Å². The predicted octanol–water partition coefficient (Wildman–Crippen LogP) is 2.24. The summed E-state index contributed by atoms with van der Waals surface area (Å²) in [6.45, 7) is 0.445. The van der Waals surface area contributed by atoms with Gasteiger partial charge in [-0.3, -0.25) is 0 Å². The molecule has 0 spiro atoms. The minimum Gasteiger partial charge on any atom is -0.576 e. The summed E-state index contributed by atoms with van der Waals surface area (Å²) in [5.41, 5.74) is 4.84. The molecule has 4 nitrogen and oxygen atoms in total. The molecule has 21 heavy (non-hydrogen) atoms. The molecule has 0 aliphatic carbocycles. The summed E-state index contributed by atoms with van der Waals surface area (Å²) in [5.74, 6) is -2.08. The van der Waals surface area contributed by atoms with Gasteiger partial charge in [0.2, 0.25) is 0 Å². The van der Waals surface area contributed by atoms with Crippen LogP contribution >= 0.6 is 0 Å². The van der Waals surface area contributed by atoms with Crippen molar-refractivity contribution in [1.82, 2.24) is 0 Å². The highest BCUT2D eigenvalue weighted by molar-refractivity contribution is 7.93. The summed E-state index contributed by atoms with van der Waals surface area (Å²) in [6, 6.07) is 9.34. The van der Waals surface area contributed by atoms with E-state index in [1.807, 2.05) is 0 Å². The Balaban J connectivity index is 2.22. The topological polar surface area (TPSA) is 75.9 Å². The van der Waals surface area contributed by atoms with Crippen LogP contribution in [-0.4, -0.2) is 8.42 Å². The molecular formula is C14H14F2N2O2S. The van der Waals surface area contributed by atoms with Crippen LogP contribution in [0.5, 0.6) is 0 Å². The number of hydrogen-bond donors (Lipinski definition) is 1. The van der Waals surface area contributed by atoms with Crippen molar-refractivity contribution in [2.75, 3.05) is 0 Å². The zero-order valence-corrected chi connectivity index (χ0v) is 11.9. The third-order valence-corrected chi connectivity index (χ3v) is 3.98. The molecule has 0 bridgehead atoms. The zero-order valence-electron chi connectivity index (χ0n) is 11.1. The fourth-order valence-electron chi connectivity index (χ4n) is 1.92. The molecule has 0 saturated carbocycles. The lowest BCUT2D eigenvalue weighted by molar-refractivity contribution is -0.386. The average Bonchev–Trinajstić information content (AvgIpc) is 2.36. The maximum atomic E-state index is 13.0. The SMILES string of the molecule is [NH3+]Cc1ccccc1CS(=O)(=O)[N-]c1cc(F)cc(F)c1. The first-order valence-electron chi connectivity index (χ1n) is 6.17. The third kappa shape index (κ3) is 4.24. The van der Waals surface area contributed by atoms with Crippen LogP contribution < -0.4 is 5.73 Å². The van der Waals surface area contributed by atoms with Gasteiger partial charge in [-0.2, -0.15) is 0 Å². The van der Waals surface area contributed by atoms with Crippen molar-refractivity contribution in [3.05, 3.63) is 69.9 Å². The molecule has 0 radical (unpaired) electrons. The lowest BCUT2D eigenvalue weighted by Crippen LogP contribution is -2.47. The molecule has 0 amide bonds. The van der Waals surface area contributed by atoms with Gasteiger partial charge in [0.15, 0.2) is 0 Å². The van der Waals surface area contributed by atoms with Crippen molar-refractivity contribution < 1.29 is 22.9 Å². The van der Waals surface area contributed by atoms with Gasteiger partial charge in [0.25, 0.3) is 0 Å². The van der Waals surface area contributed by atoms with Crippen molar-refractivity contribution in [2.45, 2.75) is 12.3 Å². The first-order chi connectivity index (χ1) is 9.89. The second kappa shape index (κ2) is 6.19. The van der Waals surface area contributed by atoms with Crippen LogP contribution in [0.25, 0.3) is 4.72 Å². The summed E-state index contributed by atoms with van der Waals surface area (Å²) in [6.07, 6.45) is 0.